The van der Waals surface area contributed by atoms with Gasteiger partial charge in [-0.1, -0.05) is 25.3 Å². The Labute approximate surface area is 148 Å². The van der Waals surface area contributed by atoms with Gasteiger partial charge in [0.05, 0.1) is 0 Å². The van der Waals surface area contributed by atoms with E-state index in [1.807, 2.05) is 0 Å². The number of piperidine rings is 1. The van der Waals surface area contributed by atoms with Gasteiger partial charge in [-0.25, -0.2) is 8.42 Å². The first-order chi connectivity index (χ1) is 11.6. The van der Waals surface area contributed by atoms with Crippen LogP contribution in [0.5, 0.6) is 0 Å². The third-order valence-electron chi connectivity index (χ3n) is 5.13. The number of amides is 1. The summed E-state index contributed by atoms with van der Waals surface area (Å²) in [5, 5.41) is 4.82. The fourth-order valence-corrected chi connectivity index (χ4v) is 6.64. The normalized spacial score (nSPS) is 23.4. The lowest BCUT2D eigenvalue weighted by Crippen LogP contribution is -2.45. The van der Waals surface area contributed by atoms with Gasteiger partial charge in [0.25, 0.3) is 10.0 Å². The predicted octanol–water partition coefficient (Wildman–Crippen LogP) is 2.99. The highest BCUT2D eigenvalue weighted by Crippen LogP contribution is 2.29. The maximum absolute atomic E-state index is 12.8. The summed E-state index contributed by atoms with van der Waals surface area (Å²) in [6.07, 6.45) is 7.82. The molecule has 2 heterocycles. The molecular weight excluding hydrogens is 344 g/mol. The number of hydrogen-bond acceptors (Lipinski definition) is 4. The molecule has 1 unspecified atom stereocenters. The lowest BCUT2D eigenvalue weighted by Gasteiger charge is -2.34. The summed E-state index contributed by atoms with van der Waals surface area (Å²) in [6.45, 7) is 1.15. The SMILES string of the molecule is O=C(NCCC1CCCCN1S(=O)(=O)c1cccs1)C1CCCC1. The number of nitrogens with zero attached hydrogens (tertiary/aromatic N) is 1. The monoisotopic (exact) mass is 370 g/mol. The molecule has 5 nitrogen and oxygen atoms in total. The molecule has 1 aliphatic heterocycles. The van der Waals surface area contributed by atoms with Gasteiger partial charge in [-0.15, -0.1) is 11.3 Å². The third-order valence-corrected chi connectivity index (χ3v) is 8.46. The van der Waals surface area contributed by atoms with E-state index in [1.165, 1.54) is 11.3 Å². The lowest BCUT2D eigenvalue weighted by atomic mass is 10.0. The fraction of sp³-hybridized carbons (Fsp3) is 0.706. The van der Waals surface area contributed by atoms with E-state index in [1.54, 1.807) is 21.8 Å². The summed E-state index contributed by atoms with van der Waals surface area (Å²) in [7, 11) is -3.40. The topological polar surface area (TPSA) is 66.5 Å². The second kappa shape index (κ2) is 7.97. The fourth-order valence-electron chi connectivity index (χ4n) is 3.80. The van der Waals surface area contributed by atoms with Crippen molar-refractivity contribution in [3.63, 3.8) is 0 Å². The number of nitrogens with one attached hydrogen (secondary N) is 1. The van der Waals surface area contributed by atoms with Crippen LogP contribution >= 0.6 is 11.3 Å². The van der Waals surface area contributed by atoms with Crippen LogP contribution in [0.15, 0.2) is 21.7 Å². The Hall–Kier alpha value is -0.920. The third kappa shape index (κ3) is 4.00. The van der Waals surface area contributed by atoms with Crippen LogP contribution in [0, 0.1) is 5.92 Å². The van der Waals surface area contributed by atoms with Crippen molar-refractivity contribution in [3.8, 4) is 0 Å². The van der Waals surface area contributed by atoms with Gasteiger partial charge in [0.1, 0.15) is 4.21 Å². The van der Waals surface area contributed by atoms with Crippen LogP contribution in [-0.2, 0) is 14.8 Å². The Morgan fingerprint density at radius 1 is 1.21 bits per heavy atom. The van der Waals surface area contributed by atoms with E-state index in [4.69, 9.17) is 0 Å². The Bertz CT molecular complexity index is 637. The van der Waals surface area contributed by atoms with Gasteiger partial charge in [0.15, 0.2) is 0 Å². The molecule has 1 atom stereocenters. The standard InChI is InChI=1S/C17H26N2O3S2/c20-17(14-6-1-2-7-14)18-11-10-15-8-3-4-12-19(15)24(21,22)16-9-5-13-23-16/h5,9,13-15H,1-4,6-8,10-12H2,(H,18,20). The van der Waals surface area contributed by atoms with E-state index in [0.29, 0.717) is 23.7 Å². The minimum Gasteiger partial charge on any atom is -0.356 e. The van der Waals surface area contributed by atoms with Crippen LogP contribution in [0.1, 0.15) is 51.4 Å². The molecule has 1 amide bonds. The zero-order valence-corrected chi connectivity index (χ0v) is 15.6. The van der Waals surface area contributed by atoms with Crippen molar-refractivity contribution in [2.45, 2.75) is 61.6 Å². The summed E-state index contributed by atoms with van der Waals surface area (Å²) in [5.74, 6) is 0.318. The van der Waals surface area contributed by atoms with Crippen LogP contribution < -0.4 is 5.32 Å². The second-order valence-corrected chi connectivity index (χ2v) is 9.82. The summed E-state index contributed by atoms with van der Waals surface area (Å²) in [6, 6.07) is 3.45. The van der Waals surface area contributed by atoms with Gasteiger partial charge in [0.2, 0.25) is 5.91 Å². The average Bonchev–Trinajstić information content (AvgIpc) is 3.29. The summed E-state index contributed by atoms with van der Waals surface area (Å²) in [4.78, 5) is 12.1. The quantitative estimate of drug-likeness (QED) is 0.837. The van der Waals surface area contributed by atoms with Crippen LogP contribution in [0.2, 0.25) is 0 Å². The molecule has 0 spiro atoms. The molecule has 0 aromatic carbocycles. The Morgan fingerprint density at radius 2 is 1.96 bits per heavy atom. The van der Waals surface area contributed by atoms with E-state index >= 15 is 0 Å². The molecule has 2 aliphatic rings. The van der Waals surface area contributed by atoms with Gasteiger partial charge >= 0.3 is 0 Å². The highest BCUT2D eigenvalue weighted by Gasteiger charge is 2.34. The molecule has 24 heavy (non-hydrogen) atoms. The highest BCUT2D eigenvalue weighted by molar-refractivity contribution is 7.91. The summed E-state index contributed by atoms with van der Waals surface area (Å²) >= 11 is 1.27. The Morgan fingerprint density at radius 3 is 2.67 bits per heavy atom. The van der Waals surface area contributed by atoms with Crippen LogP contribution in [0.25, 0.3) is 0 Å². The van der Waals surface area contributed by atoms with Crippen molar-refractivity contribution in [1.82, 2.24) is 9.62 Å². The molecule has 1 N–H and O–H groups in total. The molecule has 0 radical (unpaired) electrons. The Balaban J connectivity index is 1.57. The smallest absolute Gasteiger partial charge is 0.252 e. The minimum absolute atomic E-state index is 0.00488. The van der Waals surface area contributed by atoms with Gasteiger partial charge in [-0.05, 0) is 43.6 Å². The number of thiophene rings is 1. The van der Waals surface area contributed by atoms with Crippen molar-refractivity contribution in [2.75, 3.05) is 13.1 Å². The number of carbonyl (C=O) groups is 1. The number of rotatable bonds is 6. The molecule has 0 bridgehead atoms. The summed E-state index contributed by atoms with van der Waals surface area (Å²) < 4.78 is 27.7. The summed E-state index contributed by atoms with van der Waals surface area (Å²) in [5.41, 5.74) is 0. The number of carbonyl (C=O) groups excluding carboxylic acids is 1. The van der Waals surface area contributed by atoms with Crippen molar-refractivity contribution in [2.24, 2.45) is 5.92 Å². The molecule has 1 aliphatic carbocycles. The van der Waals surface area contributed by atoms with Gasteiger partial charge in [0, 0.05) is 25.0 Å². The average molecular weight is 371 g/mol. The van der Waals surface area contributed by atoms with Crippen molar-refractivity contribution in [3.05, 3.63) is 17.5 Å². The molecule has 7 heteroatoms. The van der Waals surface area contributed by atoms with Crippen molar-refractivity contribution < 1.29 is 13.2 Å². The van der Waals surface area contributed by atoms with Crippen LogP contribution in [0.4, 0.5) is 0 Å². The van der Waals surface area contributed by atoms with E-state index in [9.17, 15) is 13.2 Å². The highest BCUT2D eigenvalue weighted by atomic mass is 32.2. The molecule has 134 valence electrons. The van der Waals surface area contributed by atoms with Gasteiger partial charge in [-0.3, -0.25) is 4.79 Å². The lowest BCUT2D eigenvalue weighted by molar-refractivity contribution is -0.124. The first kappa shape index (κ1) is 17.9. The Kier molecular flexibility index (Phi) is 5.94. The maximum Gasteiger partial charge on any atom is 0.252 e. The molecule has 1 aromatic heterocycles. The minimum atomic E-state index is -3.40. The number of hydrogen-bond donors (Lipinski definition) is 1. The van der Waals surface area contributed by atoms with E-state index < -0.39 is 10.0 Å². The molecule has 1 saturated heterocycles. The zero-order valence-electron chi connectivity index (χ0n) is 13.9. The first-order valence-electron chi connectivity index (χ1n) is 8.92. The maximum atomic E-state index is 12.8. The van der Waals surface area contributed by atoms with Gasteiger partial charge in [-0.2, -0.15) is 4.31 Å². The molecule has 1 aromatic rings. The van der Waals surface area contributed by atoms with Crippen molar-refractivity contribution >= 4 is 27.3 Å². The second-order valence-electron chi connectivity index (χ2n) is 6.76. The zero-order chi connectivity index (χ0) is 17.0. The van der Waals surface area contributed by atoms with E-state index in [2.05, 4.69) is 5.32 Å². The largest absolute Gasteiger partial charge is 0.356 e. The molecular formula is C17H26N2O3S2. The predicted molar refractivity (Wildman–Crippen MR) is 95.4 cm³/mol. The van der Waals surface area contributed by atoms with Crippen LogP contribution in [0.3, 0.4) is 0 Å². The molecule has 2 fully saturated rings. The first-order valence-corrected chi connectivity index (χ1v) is 11.2. The van der Waals surface area contributed by atoms with Crippen LogP contribution in [-0.4, -0.2) is 37.8 Å². The molecule has 1 saturated carbocycles. The van der Waals surface area contributed by atoms with Gasteiger partial charge < -0.3 is 5.32 Å². The van der Waals surface area contributed by atoms with E-state index in [-0.39, 0.29) is 17.9 Å². The van der Waals surface area contributed by atoms with E-state index in [0.717, 1.165) is 44.9 Å². The van der Waals surface area contributed by atoms with Crippen molar-refractivity contribution in [1.29, 1.82) is 0 Å². The molecule has 3 rings (SSSR count). The number of sulfonamides is 1.